The molecular weight excluding hydrogens is 392 g/mol. The normalized spacial score (nSPS) is 16.2. The third kappa shape index (κ3) is 5.35. The Morgan fingerprint density at radius 3 is 2.55 bits per heavy atom. The van der Waals surface area contributed by atoms with Gasteiger partial charge in [-0.2, -0.15) is 0 Å². The van der Waals surface area contributed by atoms with Crippen molar-refractivity contribution >= 4 is 35.1 Å². The molecule has 1 heterocycles. The van der Waals surface area contributed by atoms with Crippen molar-refractivity contribution in [1.82, 2.24) is 4.90 Å². The van der Waals surface area contributed by atoms with Crippen LogP contribution in [0.25, 0.3) is 0 Å². The van der Waals surface area contributed by atoms with Crippen molar-refractivity contribution in [1.29, 1.82) is 0 Å². The lowest BCUT2D eigenvalue weighted by Gasteiger charge is -2.33. The highest BCUT2D eigenvalue weighted by Gasteiger charge is 2.24. The number of carbonyl (C=O) groups excluding carboxylic acids is 3. The molecule has 2 aromatic rings. The van der Waals surface area contributed by atoms with Crippen LogP contribution in [0.3, 0.4) is 0 Å². The summed E-state index contributed by atoms with van der Waals surface area (Å²) in [7, 11) is 0. The van der Waals surface area contributed by atoms with Gasteiger partial charge >= 0.3 is 5.97 Å². The number of likely N-dealkylation sites (tertiary alicyclic amines) is 1. The summed E-state index contributed by atoms with van der Waals surface area (Å²) in [5.41, 5.74) is 0.914. The van der Waals surface area contributed by atoms with Crippen molar-refractivity contribution in [3.05, 3.63) is 64.7 Å². The van der Waals surface area contributed by atoms with Gasteiger partial charge in [0.2, 0.25) is 0 Å². The monoisotopic (exact) mass is 414 g/mol. The Kier molecular flexibility index (Phi) is 6.88. The van der Waals surface area contributed by atoms with Crippen molar-refractivity contribution in [2.45, 2.75) is 32.2 Å². The van der Waals surface area contributed by atoms with Crippen molar-refractivity contribution < 1.29 is 19.1 Å². The van der Waals surface area contributed by atoms with Crippen LogP contribution in [0.2, 0.25) is 5.02 Å². The number of carbonyl (C=O) groups is 3. The summed E-state index contributed by atoms with van der Waals surface area (Å²) < 4.78 is 5.24. The first kappa shape index (κ1) is 20.9. The van der Waals surface area contributed by atoms with Crippen molar-refractivity contribution in [3.8, 4) is 0 Å². The van der Waals surface area contributed by atoms with E-state index >= 15 is 0 Å². The molecule has 1 unspecified atom stereocenters. The second-order valence-electron chi connectivity index (χ2n) is 7.01. The van der Waals surface area contributed by atoms with E-state index in [0.29, 0.717) is 22.8 Å². The molecule has 1 aliphatic rings. The van der Waals surface area contributed by atoms with Crippen LogP contribution in [-0.2, 0) is 9.53 Å². The SMILES string of the molecule is CC1CCCCN1C(=O)COC(=O)c1ccccc1NC(=O)c1ccc(Cl)cc1. The number of amides is 2. The van der Waals surface area contributed by atoms with Crippen LogP contribution < -0.4 is 5.32 Å². The summed E-state index contributed by atoms with van der Waals surface area (Å²) in [6, 6.07) is 13.1. The van der Waals surface area contributed by atoms with Gasteiger partial charge in [-0.25, -0.2) is 4.79 Å². The molecule has 1 fully saturated rings. The third-order valence-electron chi connectivity index (χ3n) is 4.95. The largest absolute Gasteiger partial charge is 0.452 e. The molecule has 152 valence electrons. The van der Waals surface area contributed by atoms with E-state index < -0.39 is 5.97 Å². The van der Waals surface area contributed by atoms with E-state index in [-0.39, 0.29) is 30.0 Å². The Balaban J connectivity index is 1.64. The van der Waals surface area contributed by atoms with Crippen LogP contribution in [0.4, 0.5) is 5.69 Å². The first-order chi connectivity index (χ1) is 14.0. The van der Waals surface area contributed by atoms with Gasteiger partial charge < -0.3 is 15.0 Å². The van der Waals surface area contributed by atoms with E-state index in [1.54, 1.807) is 53.4 Å². The Morgan fingerprint density at radius 1 is 1.10 bits per heavy atom. The van der Waals surface area contributed by atoms with Crippen LogP contribution in [0.5, 0.6) is 0 Å². The number of piperidine rings is 1. The van der Waals surface area contributed by atoms with Crippen molar-refractivity contribution in [3.63, 3.8) is 0 Å². The summed E-state index contributed by atoms with van der Waals surface area (Å²) in [6.45, 7) is 2.37. The molecule has 29 heavy (non-hydrogen) atoms. The van der Waals surface area contributed by atoms with Gasteiger partial charge in [0, 0.05) is 23.2 Å². The molecule has 2 aromatic carbocycles. The fraction of sp³-hybridized carbons (Fsp3) is 0.318. The molecule has 2 amide bonds. The molecule has 3 rings (SSSR count). The fourth-order valence-corrected chi connectivity index (χ4v) is 3.45. The number of benzene rings is 2. The number of nitrogens with zero attached hydrogens (tertiary/aromatic N) is 1. The smallest absolute Gasteiger partial charge is 0.340 e. The quantitative estimate of drug-likeness (QED) is 0.745. The lowest BCUT2D eigenvalue weighted by atomic mass is 10.0. The van der Waals surface area contributed by atoms with Crippen molar-refractivity contribution in [2.75, 3.05) is 18.5 Å². The van der Waals surface area contributed by atoms with E-state index in [1.807, 2.05) is 6.92 Å². The highest BCUT2D eigenvalue weighted by Crippen LogP contribution is 2.19. The molecule has 7 heteroatoms. The van der Waals surface area contributed by atoms with Gasteiger partial charge in [-0.1, -0.05) is 23.7 Å². The molecule has 1 saturated heterocycles. The number of halogens is 1. The number of esters is 1. The minimum atomic E-state index is -0.657. The number of rotatable bonds is 5. The van der Waals surface area contributed by atoms with Crippen LogP contribution in [0.15, 0.2) is 48.5 Å². The Bertz CT molecular complexity index is 898. The lowest BCUT2D eigenvalue weighted by molar-refractivity contribution is -0.137. The molecular formula is C22H23ClN2O4. The standard InChI is InChI=1S/C22H23ClN2O4/c1-15-6-4-5-13-25(15)20(26)14-29-22(28)18-7-2-3-8-19(18)24-21(27)16-9-11-17(23)12-10-16/h2-3,7-12,15H,4-6,13-14H2,1H3,(H,24,27). The minimum absolute atomic E-state index is 0.154. The average molecular weight is 415 g/mol. The number of anilines is 1. The summed E-state index contributed by atoms with van der Waals surface area (Å²) in [6.07, 6.45) is 3.02. The summed E-state index contributed by atoms with van der Waals surface area (Å²) in [5, 5.41) is 3.23. The molecule has 0 aromatic heterocycles. The molecule has 1 atom stereocenters. The van der Waals surface area contributed by atoms with E-state index in [9.17, 15) is 14.4 Å². The predicted molar refractivity (Wildman–Crippen MR) is 111 cm³/mol. The number of ether oxygens (including phenoxy) is 1. The maximum atomic E-state index is 12.5. The van der Waals surface area contributed by atoms with Gasteiger partial charge in [-0.15, -0.1) is 0 Å². The number of hydrogen-bond acceptors (Lipinski definition) is 4. The highest BCUT2D eigenvalue weighted by atomic mass is 35.5. The second kappa shape index (κ2) is 9.56. The Morgan fingerprint density at radius 2 is 1.83 bits per heavy atom. The topological polar surface area (TPSA) is 75.7 Å². The van der Waals surface area contributed by atoms with Gasteiger partial charge in [0.1, 0.15) is 0 Å². The zero-order valence-electron chi connectivity index (χ0n) is 16.2. The number of hydrogen-bond donors (Lipinski definition) is 1. The second-order valence-corrected chi connectivity index (χ2v) is 7.45. The average Bonchev–Trinajstić information content (AvgIpc) is 2.73. The first-order valence-electron chi connectivity index (χ1n) is 9.58. The van der Waals surface area contributed by atoms with Gasteiger partial charge in [0.25, 0.3) is 11.8 Å². The Labute approximate surface area is 174 Å². The first-order valence-corrected chi connectivity index (χ1v) is 9.96. The number of nitrogens with one attached hydrogen (secondary N) is 1. The third-order valence-corrected chi connectivity index (χ3v) is 5.20. The maximum Gasteiger partial charge on any atom is 0.340 e. The van der Waals surface area contributed by atoms with Crippen LogP contribution in [0.1, 0.15) is 46.9 Å². The lowest BCUT2D eigenvalue weighted by Crippen LogP contribution is -2.44. The molecule has 6 nitrogen and oxygen atoms in total. The molecule has 0 spiro atoms. The van der Waals surface area contributed by atoms with Crippen LogP contribution in [0, 0.1) is 0 Å². The zero-order valence-corrected chi connectivity index (χ0v) is 16.9. The van der Waals surface area contributed by atoms with Crippen LogP contribution in [-0.4, -0.2) is 41.9 Å². The summed E-state index contributed by atoms with van der Waals surface area (Å²) in [4.78, 5) is 39.1. The summed E-state index contributed by atoms with van der Waals surface area (Å²) in [5.74, 6) is -1.23. The minimum Gasteiger partial charge on any atom is -0.452 e. The van der Waals surface area contributed by atoms with Crippen LogP contribution >= 0.6 is 11.6 Å². The van der Waals surface area contributed by atoms with E-state index in [4.69, 9.17) is 16.3 Å². The van der Waals surface area contributed by atoms with Gasteiger partial charge in [-0.3, -0.25) is 9.59 Å². The zero-order chi connectivity index (χ0) is 20.8. The summed E-state index contributed by atoms with van der Waals surface area (Å²) >= 11 is 5.84. The molecule has 0 bridgehead atoms. The fourth-order valence-electron chi connectivity index (χ4n) is 3.32. The molecule has 1 N–H and O–H groups in total. The van der Waals surface area contributed by atoms with E-state index in [0.717, 1.165) is 19.3 Å². The maximum absolute atomic E-state index is 12.5. The van der Waals surface area contributed by atoms with Gasteiger partial charge in [-0.05, 0) is 62.6 Å². The van der Waals surface area contributed by atoms with E-state index in [2.05, 4.69) is 5.32 Å². The van der Waals surface area contributed by atoms with E-state index in [1.165, 1.54) is 0 Å². The number of para-hydroxylation sites is 1. The molecule has 0 radical (unpaired) electrons. The van der Waals surface area contributed by atoms with Gasteiger partial charge in [0.05, 0.1) is 11.3 Å². The molecule has 0 saturated carbocycles. The Hall–Kier alpha value is -2.86. The molecule has 1 aliphatic heterocycles. The van der Waals surface area contributed by atoms with Gasteiger partial charge in [0.15, 0.2) is 6.61 Å². The van der Waals surface area contributed by atoms with Crippen molar-refractivity contribution in [2.24, 2.45) is 0 Å². The highest BCUT2D eigenvalue weighted by molar-refractivity contribution is 6.30. The predicted octanol–water partition coefficient (Wildman–Crippen LogP) is 4.15. The molecule has 0 aliphatic carbocycles.